The standard InChI is InChI=1S/C22H25ClN4O3S/c1-4-21(27(31(3,29)30)20-11-7-18(23)8-12-20)22(28)25-15-17-5-9-19(10-6-17)26-14-13-24-16(26)2/h5-14,21H,4,15H2,1-3H3,(H,25,28)/t21-/m1/s1. The van der Waals surface area contributed by atoms with E-state index in [1.54, 1.807) is 37.4 Å². The maximum absolute atomic E-state index is 12.9. The van der Waals surface area contributed by atoms with Gasteiger partial charge in [-0.1, -0.05) is 30.7 Å². The minimum absolute atomic E-state index is 0.288. The number of imidazole rings is 1. The molecule has 0 aliphatic heterocycles. The molecule has 1 N–H and O–H groups in total. The van der Waals surface area contributed by atoms with Gasteiger partial charge in [0.05, 0.1) is 11.9 Å². The second-order valence-corrected chi connectivity index (χ2v) is 9.48. The lowest BCUT2D eigenvalue weighted by Gasteiger charge is -2.30. The van der Waals surface area contributed by atoms with Crippen molar-refractivity contribution in [1.29, 1.82) is 0 Å². The highest BCUT2D eigenvalue weighted by Crippen LogP contribution is 2.24. The van der Waals surface area contributed by atoms with Gasteiger partial charge in [0.1, 0.15) is 11.9 Å². The predicted octanol–water partition coefficient (Wildman–Crippen LogP) is 3.70. The highest BCUT2D eigenvalue weighted by molar-refractivity contribution is 7.92. The van der Waals surface area contributed by atoms with E-state index in [9.17, 15) is 13.2 Å². The van der Waals surface area contributed by atoms with Gasteiger partial charge in [0.25, 0.3) is 0 Å². The normalized spacial score (nSPS) is 12.4. The molecule has 3 rings (SSSR count). The Morgan fingerprint density at radius 3 is 2.32 bits per heavy atom. The smallest absolute Gasteiger partial charge is 0.244 e. The van der Waals surface area contributed by atoms with Crippen LogP contribution in [0.2, 0.25) is 5.02 Å². The molecule has 0 fully saturated rings. The number of hydrogen-bond acceptors (Lipinski definition) is 4. The van der Waals surface area contributed by atoms with Crippen LogP contribution in [0.3, 0.4) is 0 Å². The molecule has 2 aromatic carbocycles. The van der Waals surface area contributed by atoms with E-state index in [4.69, 9.17) is 11.6 Å². The number of carbonyl (C=O) groups excluding carboxylic acids is 1. The molecule has 0 saturated heterocycles. The van der Waals surface area contributed by atoms with E-state index in [1.165, 1.54) is 0 Å². The summed E-state index contributed by atoms with van der Waals surface area (Å²) in [6, 6.07) is 13.3. The van der Waals surface area contributed by atoms with E-state index in [0.29, 0.717) is 17.1 Å². The van der Waals surface area contributed by atoms with E-state index >= 15 is 0 Å². The summed E-state index contributed by atoms with van der Waals surface area (Å²) in [5, 5.41) is 3.35. The first-order valence-electron chi connectivity index (χ1n) is 9.82. The number of anilines is 1. The fraction of sp³-hybridized carbons (Fsp3) is 0.273. The number of carbonyl (C=O) groups is 1. The van der Waals surface area contributed by atoms with Gasteiger partial charge in [0.2, 0.25) is 15.9 Å². The van der Waals surface area contributed by atoms with Crippen LogP contribution in [-0.4, -0.2) is 36.2 Å². The maximum Gasteiger partial charge on any atom is 0.244 e. The highest BCUT2D eigenvalue weighted by atomic mass is 35.5. The molecule has 0 saturated carbocycles. The lowest BCUT2D eigenvalue weighted by atomic mass is 10.1. The quantitative estimate of drug-likeness (QED) is 0.555. The van der Waals surface area contributed by atoms with Crippen LogP contribution in [0.4, 0.5) is 5.69 Å². The van der Waals surface area contributed by atoms with Crippen molar-refractivity contribution >= 4 is 33.2 Å². The molecule has 0 radical (unpaired) electrons. The third-order valence-electron chi connectivity index (χ3n) is 4.92. The molecule has 9 heteroatoms. The van der Waals surface area contributed by atoms with E-state index in [0.717, 1.165) is 27.6 Å². The van der Waals surface area contributed by atoms with Crippen molar-refractivity contribution in [3.8, 4) is 5.69 Å². The van der Waals surface area contributed by atoms with Gasteiger partial charge < -0.3 is 9.88 Å². The van der Waals surface area contributed by atoms with Crippen molar-refractivity contribution in [3.05, 3.63) is 77.3 Å². The highest BCUT2D eigenvalue weighted by Gasteiger charge is 2.31. The summed E-state index contributed by atoms with van der Waals surface area (Å²) in [6.07, 6.45) is 5.03. The molecule has 164 valence electrons. The minimum Gasteiger partial charge on any atom is -0.350 e. The zero-order valence-corrected chi connectivity index (χ0v) is 19.2. The van der Waals surface area contributed by atoms with Crippen LogP contribution in [0.25, 0.3) is 5.69 Å². The summed E-state index contributed by atoms with van der Waals surface area (Å²) < 4.78 is 28.1. The van der Waals surface area contributed by atoms with Gasteiger partial charge in [-0.05, 0) is 55.3 Å². The molecular weight excluding hydrogens is 436 g/mol. The number of aromatic nitrogens is 2. The first-order valence-corrected chi connectivity index (χ1v) is 12.0. The Morgan fingerprint density at radius 2 is 1.81 bits per heavy atom. The van der Waals surface area contributed by atoms with E-state index in [-0.39, 0.29) is 12.5 Å². The van der Waals surface area contributed by atoms with Crippen LogP contribution < -0.4 is 9.62 Å². The summed E-state index contributed by atoms with van der Waals surface area (Å²) in [4.78, 5) is 17.1. The Labute approximate surface area is 187 Å². The first kappa shape index (κ1) is 22.8. The molecule has 1 heterocycles. The van der Waals surface area contributed by atoms with Crippen molar-refractivity contribution in [2.24, 2.45) is 0 Å². The average Bonchev–Trinajstić information content (AvgIpc) is 3.16. The molecule has 1 aromatic heterocycles. The number of benzene rings is 2. The van der Waals surface area contributed by atoms with Crippen molar-refractivity contribution in [2.45, 2.75) is 32.9 Å². The molecular formula is C22H25ClN4O3S. The Balaban J connectivity index is 1.74. The lowest BCUT2D eigenvalue weighted by molar-refractivity contribution is -0.122. The van der Waals surface area contributed by atoms with Gasteiger partial charge in [0.15, 0.2) is 0 Å². The van der Waals surface area contributed by atoms with Gasteiger partial charge in [-0.15, -0.1) is 0 Å². The molecule has 0 unspecified atom stereocenters. The number of sulfonamides is 1. The van der Waals surface area contributed by atoms with Crippen molar-refractivity contribution < 1.29 is 13.2 Å². The molecule has 0 aliphatic carbocycles. The van der Waals surface area contributed by atoms with Crippen LogP contribution in [-0.2, 0) is 21.4 Å². The number of aryl methyl sites for hydroxylation is 1. The van der Waals surface area contributed by atoms with Crippen LogP contribution in [0.1, 0.15) is 24.7 Å². The van der Waals surface area contributed by atoms with E-state index in [1.807, 2.05) is 42.0 Å². The van der Waals surface area contributed by atoms with Gasteiger partial charge >= 0.3 is 0 Å². The van der Waals surface area contributed by atoms with E-state index < -0.39 is 16.1 Å². The number of halogens is 1. The molecule has 3 aromatic rings. The van der Waals surface area contributed by atoms with Crippen LogP contribution in [0.15, 0.2) is 60.9 Å². The number of nitrogens with one attached hydrogen (secondary N) is 1. The fourth-order valence-corrected chi connectivity index (χ4v) is 4.72. The SMILES string of the molecule is CC[C@H](C(=O)NCc1ccc(-n2ccnc2C)cc1)N(c1ccc(Cl)cc1)S(C)(=O)=O. The number of amides is 1. The van der Waals surface area contributed by atoms with Gasteiger partial charge in [-0.3, -0.25) is 9.10 Å². The average molecular weight is 461 g/mol. The van der Waals surface area contributed by atoms with Crippen molar-refractivity contribution in [1.82, 2.24) is 14.9 Å². The zero-order chi connectivity index (χ0) is 22.6. The second-order valence-electron chi connectivity index (χ2n) is 7.19. The first-order chi connectivity index (χ1) is 14.7. The summed E-state index contributed by atoms with van der Waals surface area (Å²) in [7, 11) is -3.68. The third kappa shape index (κ3) is 5.45. The topological polar surface area (TPSA) is 84.3 Å². The molecule has 31 heavy (non-hydrogen) atoms. The Bertz CT molecular complexity index is 1140. The van der Waals surface area contributed by atoms with Crippen molar-refractivity contribution in [2.75, 3.05) is 10.6 Å². The van der Waals surface area contributed by atoms with Crippen LogP contribution in [0, 0.1) is 6.92 Å². The number of rotatable bonds is 8. The van der Waals surface area contributed by atoms with Gasteiger partial charge in [-0.25, -0.2) is 13.4 Å². The minimum atomic E-state index is -3.68. The van der Waals surface area contributed by atoms with Crippen LogP contribution >= 0.6 is 11.6 Å². The Kier molecular flexibility index (Phi) is 7.02. The van der Waals surface area contributed by atoms with Crippen LogP contribution in [0.5, 0.6) is 0 Å². The predicted molar refractivity (Wildman–Crippen MR) is 123 cm³/mol. The monoisotopic (exact) mass is 460 g/mol. The largest absolute Gasteiger partial charge is 0.350 e. The second kappa shape index (κ2) is 9.53. The third-order valence-corrected chi connectivity index (χ3v) is 6.35. The molecule has 1 atom stereocenters. The summed E-state index contributed by atoms with van der Waals surface area (Å²) in [5.74, 6) is 0.521. The number of hydrogen-bond donors (Lipinski definition) is 1. The number of nitrogens with zero attached hydrogens (tertiary/aromatic N) is 3. The fourth-order valence-electron chi connectivity index (χ4n) is 3.38. The molecule has 0 spiro atoms. The summed E-state index contributed by atoms with van der Waals surface area (Å²) >= 11 is 5.92. The van der Waals surface area contributed by atoms with Gasteiger partial charge in [0, 0.05) is 29.6 Å². The van der Waals surface area contributed by atoms with Gasteiger partial charge in [-0.2, -0.15) is 0 Å². The molecule has 1 amide bonds. The molecule has 0 aliphatic rings. The molecule has 0 bridgehead atoms. The lowest BCUT2D eigenvalue weighted by Crippen LogP contribution is -2.49. The van der Waals surface area contributed by atoms with Crippen molar-refractivity contribution in [3.63, 3.8) is 0 Å². The Hall–Kier alpha value is -2.84. The molecule has 7 nitrogen and oxygen atoms in total. The zero-order valence-electron chi connectivity index (χ0n) is 17.6. The Morgan fingerprint density at radius 1 is 1.16 bits per heavy atom. The van der Waals surface area contributed by atoms with E-state index in [2.05, 4.69) is 10.3 Å². The summed E-state index contributed by atoms with van der Waals surface area (Å²) in [6.45, 7) is 3.99. The summed E-state index contributed by atoms with van der Waals surface area (Å²) in [5.41, 5.74) is 2.28. The maximum atomic E-state index is 12.9.